The second-order valence-electron chi connectivity index (χ2n) is 7.28. The van der Waals surface area contributed by atoms with Gasteiger partial charge in [-0.05, 0) is 42.2 Å². The molecule has 7 nitrogen and oxygen atoms in total. The number of nitrogens with two attached hydrogens (primary N) is 1. The molecule has 3 N–H and O–H groups in total. The highest BCUT2D eigenvalue weighted by Crippen LogP contribution is 2.25. The van der Waals surface area contributed by atoms with Crippen LogP contribution in [0.3, 0.4) is 0 Å². The number of primary amides is 1. The van der Waals surface area contributed by atoms with Crippen molar-refractivity contribution >= 4 is 11.9 Å². The molecule has 1 fully saturated rings. The van der Waals surface area contributed by atoms with Gasteiger partial charge in [0.25, 0.3) is 5.91 Å². The highest BCUT2D eigenvalue weighted by Gasteiger charge is 2.24. The number of aliphatic imine (C=N–C) groups is 1. The van der Waals surface area contributed by atoms with E-state index < -0.39 is 5.91 Å². The van der Waals surface area contributed by atoms with Gasteiger partial charge in [-0.15, -0.1) is 0 Å². The normalized spacial score (nSPS) is 16.9. The molecule has 0 saturated carbocycles. The van der Waals surface area contributed by atoms with Crippen molar-refractivity contribution in [3.8, 4) is 5.75 Å². The fourth-order valence-corrected chi connectivity index (χ4v) is 3.54. The zero-order valence-corrected chi connectivity index (χ0v) is 17.6. The van der Waals surface area contributed by atoms with Crippen LogP contribution in [0, 0.1) is 6.92 Å². The van der Waals surface area contributed by atoms with E-state index >= 15 is 0 Å². The van der Waals surface area contributed by atoms with Gasteiger partial charge in [0.05, 0.1) is 13.2 Å². The Morgan fingerprint density at radius 2 is 2.03 bits per heavy atom. The Labute approximate surface area is 177 Å². The van der Waals surface area contributed by atoms with E-state index in [-0.39, 0.29) is 12.7 Å². The van der Waals surface area contributed by atoms with Gasteiger partial charge in [-0.25, -0.2) is 0 Å². The molecule has 1 aliphatic heterocycles. The van der Waals surface area contributed by atoms with Crippen LogP contribution in [0.5, 0.6) is 5.75 Å². The lowest BCUT2D eigenvalue weighted by molar-refractivity contribution is -0.119. The number of amides is 1. The number of nitrogens with one attached hydrogen (secondary N) is 1. The molecule has 0 radical (unpaired) electrons. The monoisotopic (exact) mass is 410 g/mol. The summed E-state index contributed by atoms with van der Waals surface area (Å²) in [5.74, 6) is 1.04. The number of morpholine rings is 1. The molecule has 0 aliphatic carbocycles. The smallest absolute Gasteiger partial charge is 0.255 e. The first-order valence-corrected chi connectivity index (χ1v) is 10.2. The minimum Gasteiger partial charge on any atom is -0.484 e. The van der Waals surface area contributed by atoms with E-state index in [4.69, 9.17) is 15.2 Å². The van der Waals surface area contributed by atoms with E-state index in [0.717, 1.165) is 32.0 Å². The molecule has 160 valence electrons. The summed E-state index contributed by atoms with van der Waals surface area (Å²) in [5.41, 5.74) is 8.74. The van der Waals surface area contributed by atoms with Gasteiger partial charge in [-0.3, -0.25) is 9.79 Å². The van der Waals surface area contributed by atoms with Crippen molar-refractivity contribution in [3.05, 3.63) is 65.2 Å². The van der Waals surface area contributed by atoms with E-state index in [9.17, 15) is 4.79 Å². The van der Waals surface area contributed by atoms with E-state index in [1.54, 1.807) is 0 Å². The number of ether oxygens (including phenoxy) is 2. The van der Waals surface area contributed by atoms with Crippen LogP contribution in [0.4, 0.5) is 0 Å². The van der Waals surface area contributed by atoms with Crippen molar-refractivity contribution in [1.82, 2.24) is 10.2 Å². The standard InChI is InChI=1S/C23H30N4O3/c1-17-5-3-4-6-20(17)21-15-27(13-14-29-21)23(25-2)26-12-11-18-7-9-19(10-8-18)30-16-22(24)28/h3-10,21H,11-16H2,1-2H3,(H2,24,28)(H,25,26). The van der Waals surface area contributed by atoms with Crippen LogP contribution in [0.1, 0.15) is 22.8 Å². The van der Waals surface area contributed by atoms with E-state index in [1.807, 2.05) is 31.3 Å². The van der Waals surface area contributed by atoms with Crippen LogP contribution in [0.2, 0.25) is 0 Å². The molecule has 7 heteroatoms. The summed E-state index contributed by atoms with van der Waals surface area (Å²) >= 11 is 0. The maximum atomic E-state index is 10.8. The van der Waals surface area contributed by atoms with Crippen molar-refractivity contribution in [3.63, 3.8) is 0 Å². The number of carbonyl (C=O) groups is 1. The minimum atomic E-state index is -0.484. The fraction of sp³-hybridized carbons (Fsp3) is 0.391. The summed E-state index contributed by atoms with van der Waals surface area (Å²) in [6, 6.07) is 16.0. The second kappa shape index (κ2) is 10.6. The van der Waals surface area contributed by atoms with Crippen molar-refractivity contribution in [1.29, 1.82) is 0 Å². The van der Waals surface area contributed by atoms with Gasteiger partial charge >= 0.3 is 0 Å². The predicted molar refractivity (Wildman–Crippen MR) is 118 cm³/mol. The third kappa shape index (κ3) is 5.97. The van der Waals surface area contributed by atoms with Crippen LogP contribution in [-0.4, -0.2) is 56.7 Å². The Morgan fingerprint density at radius 1 is 1.27 bits per heavy atom. The van der Waals surface area contributed by atoms with Crippen molar-refractivity contribution in [2.45, 2.75) is 19.4 Å². The fourth-order valence-electron chi connectivity index (χ4n) is 3.54. The summed E-state index contributed by atoms with van der Waals surface area (Å²) in [7, 11) is 1.81. The lowest BCUT2D eigenvalue weighted by Crippen LogP contribution is -2.48. The molecule has 1 aliphatic rings. The molecule has 1 saturated heterocycles. The number of benzene rings is 2. The first-order valence-electron chi connectivity index (χ1n) is 10.2. The molecule has 0 spiro atoms. The van der Waals surface area contributed by atoms with Crippen LogP contribution < -0.4 is 15.8 Å². The third-order valence-corrected chi connectivity index (χ3v) is 5.11. The number of aryl methyl sites for hydroxylation is 1. The first-order chi connectivity index (χ1) is 14.6. The average Bonchev–Trinajstić information content (AvgIpc) is 2.76. The van der Waals surface area contributed by atoms with E-state index in [2.05, 4.69) is 46.4 Å². The maximum Gasteiger partial charge on any atom is 0.255 e. The quantitative estimate of drug-likeness (QED) is 0.539. The zero-order chi connectivity index (χ0) is 21.3. The minimum absolute atomic E-state index is 0.0476. The van der Waals surface area contributed by atoms with Gasteiger partial charge in [0, 0.05) is 20.1 Å². The zero-order valence-electron chi connectivity index (χ0n) is 17.6. The van der Waals surface area contributed by atoms with Gasteiger partial charge in [0.1, 0.15) is 11.9 Å². The number of hydrogen-bond acceptors (Lipinski definition) is 4. The molecule has 1 amide bonds. The summed E-state index contributed by atoms with van der Waals surface area (Å²) in [5, 5.41) is 3.46. The Morgan fingerprint density at radius 3 is 2.73 bits per heavy atom. The number of carbonyl (C=O) groups excluding carboxylic acids is 1. The number of rotatable bonds is 7. The molecule has 2 aromatic rings. The molecule has 1 atom stereocenters. The molecular formula is C23H30N4O3. The second-order valence-corrected chi connectivity index (χ2v) is 7.28. The summed E-state index contributed by atoms with van der Waals surface area (Å²) < 4.78 is 11.3. The van der Waals surface area contributed by atoms with Crippen LogP contribution >= 0.6 is 0 Å². The molecule has 1 unspecified atom stereocenters. The number of hydrogen-bond donors (Lipinski definition) is 2. The summed E-state index contributed by atoms with van der Waals surface area (Å²) in [6.07, 6.45) is 0.896. The van der Waals surface area contributed by atoms with Gasteiger partial charge in [0.2, 0.25) is 0 Å². The highest BCUT2D eigenvalue weighted by molar-refractivity contribution is 5.80. The Hall–Kier alpha value is -3.06. The topological polar surface area (TPSA) is 89.2 Å². The third-order valence-electron chi connectivity index (χ3n) is 5.11. The lowest BCUT2D eigenvalue weighted by Gasteiger charge is -2.35. The molecule has 3 rings (SSSR count). The predicted octanol–water partition coefficient (Wildman–Crippen LogP) is 2.05. The Bertz CT molecular complexity index is 867. The first kappa shape index (κ1) is 21.6. The van der Waals surface area contributed by atoms with Crippen LogP contribution in [0.15, 0.2) is 53.5 Å². The lowest BCUT2D eigenvalue weighted by atomic mass is 10.0. The molecule has 0 aromatic heterocycles. The number of nitrogens with zero attached hydrogens (tertiary/aromatic N) is 2. The summed E-state index contributed by atoms with van der Waals surface area (Å²) in [4.78, 5) is 17.5. The summed E-state index contributed by atoms with van der Waals surface area (Å²) in [6.45, 7) is 5.03. The van der Waals surface area contributed by atoms with Crippen LogP contribution in [0.25, 0.3) is 0 Å². The highest BCUT2D eigenvalue weighted by atomic mass is 16.5. The van der Waals surface area contributed by atoms with Crippen LogP contribution in [-0.2, 0) is 16.0 Å². The van der Waals surface area contributed by atoms with E-state index in [0.29, 0.717) is 12.4 Å². The largest absolute Gasteiger partial charge is 0.484 e. The Kier molecular flexibility index (Phi) is 7.68. The van der Waals surface area contributed by atoms with Gasteiger partial charge in [0.15, 0.2) is 12.6 Å². The molecule has 2 aromatic carbocycles. The molecular weight excluding hydrogens is 380 g/mol. The van der Waals surface area contributed by atoms with Crippen molar-refractivity contribution in [2.75, 3.05) is 39.9 Å². The Balaban J connectivity index is 1.50. The van der Waals surface area contributed by atoms with Crippen molar-refractivity contribution < 1.29 is 14.3 Å². The maximum absolute atomic E-state index is 10.8. The van der Waals surface area contributed by atoms with Gasteiger partial charge in [-0.1, -0.05) is 36.4 Å². The number of guanidine groups is 1. The van der Waals surface area contributed by atoms with Crippen molar-refractivity contribution in [2.24, 2.45) is 10.7 Å². The molecule has 0 bridgehead atoms. The molecule has 30 heavy (non-hydrogen) atoms. The average molecular weight is 411 g/mol. The SMILES string of the molecule is CN=C(NCCc1ccc(OCC(N)=O)cc1)N1CCOC(c2ccccc2C)C1. The molecule has 1 heterocycles. The van der Waals surface area contributed by atoms with Gasteiger partial charge in [-0.2, -0.15) is 0 Å². The van der Waals surface area contributed by atoms with Gasteiger partial charge < -0.3 is 25.4 Å². The van der Waals surface area contributed by atoms with E-state index in [1.165, 1.54) is 16.7 Å².